The Morgan fingerprint density at radius 3 is 2.80 bits per heavy atom. The molecule has 0 saturated carbocycles. The maximum absolute atomic E-state index is 6.30. The van der Waals surface area contributed by atoms with Gasteiger partial charge in [-0.3, -0.25) is 0 Å². The predicted molar refractivity (Wildman–Crippen MR) is 124 cm³/mol. The number of imidazole rings is 1. The van der Waals surface area contributed by atoms with Gasteiger partial charge in [0.15, 0.2) is 0 Å². The van der Waals surface area contributed by atoms with E-state index in [4.69, 9.17) is 16.3 Å². The number of aromatic nitrogens is 3. The molecule has 1 aliphatic heterocycles. The minimum Gasteiger partial charge on any atom is -0.497 e. The van der Waals surface area contributed by atoms with Crippen molar-refractivity contribution in [3.05, 3.63) is 54.0 Å². The zero-order valence-electron chi connectivity index (χ0n) is 17.9. The number of aromatic amines is 1. The van der Waals surface area contributed by atoms with Gasteiger partial charge in [-0.2, -0.15) is 0 Å². The number of nitrogens with one attached hydrogen (secondary N) is 2. The number of H-pyrrole nitrogens is 1. The Labute approximate surface area is 182 Å². The standard InChI is InChI=1S/C20H23ClN6O.C2H6/c1-13-12-26(19-16(21)5-4-8-22-19)9-10-27(13)14(2)23-20-24-17-7-6-15(28-3)11-18(17)25-20;1-2/h4-8,11,13H,2,9-10,12H2,1,3H3,(H2,23,24,25);1-2H3. The Hall–Kier alpha value is -2.93. The smallest absolute Gasteiger partial charge is 0.206 e. The Morgan fingerprint density at radius 1 is 1.30 bits per heavy atom. The first-order valence-corrected chi connectivity index (χ1v) is 10.5. The zero-order chi connectivity index (χ0) is 21.7. The molecule has 1 fully saturated rings. The van der Waals surface area contributed by atoms with Gasteiger partial charge in [0.1, 0.15) is 17.4 Å². The molecule has 3 aromatic rings. The van der Waals surface area contributed by atoms with Crippen molar-refractivity contribution in [2.45, 2.75) is 26.8 Å². The lowest BCUT2D eigenvalue weighted by molar-refractivity contribution is 0.245. The van der Waals surface area contributed by atoms with Gasteiger partial charge in [0.2, 0.25) is 5.95 Å². The van der Waals surface area contributed by atoms with Crippen LogP contribution in [-0.4, -0.2) is 52.6 Å². The number of rotatable bonds is 5. The average molecular weight is 429 g/mol. The lowest BCUT2D eigenvalue weighted by atomic mass is 10.2. The highest BCUT2D eigenvalue weighted by molar-refractivity contribution is 6.32. The molecule has 4 rings (SSSR count). The highest BCUT2D eigenvalue weighted by atomic mass is 35.5. The number of methoxy groups -OCH3 is 1. The summed E-state index contributed by atoms with van der Waals surface area (Å²) in [7, 11) is 1.65. The van der Waals surface area contributed by atoms with Crippen LogP contribution in [-0.2, 0) is 0 Å². The van der Waals surface area contributed by atoms with Gasteiger partial charge in [0.25, 0.3) is 0 Å². The van der Waals surface area contributed by atoms with Crippen LogP contribution in [0, 0.1) is 0 Å². The van der Waals surface area contributed by atoms with E-state index in [1.54, 1.807) is 13.3 Å². The third-order valence-electron chi connectivity index (χ3n) is 4.96. The van der Waals surface area contributed by atoms with E-state index in [0.29, 0.717) is 11.0 Å². The van der Waals surface area contributed by atoms with Gasteiger partial charge in [-0.1, -0.05) is 32.0 Å². The molecule has 7 nitrogen and oxygen atoms in total. The highest BCUT2D eigenvalue weighted by Gasteiger charge is 2.26. The second-order valence-corrected chi connectivity index (χ2v) is 7.24. The van der Waals surface area contributed by atoms with Gasteiger partial charge in [0.05, 0.1) is 23.2 Å². The quantitative estimate of drug-likeness (QED) is 0.611. The van der Waals surface area contributed by atoms with Gasteiger partial charge in [0, 0.05) is 37.9 Å². The van der Waals surface area contributed by atoms with Crippen molar-refractivity contribution in [1.29, 1.82) is 0 Å². The SMILES string of the molecule is C=C(Nc1nc2ccc(OC)cc2[nH]1)N1CCN(c2ncccc2Cl)CC1C.CC. The van der Waals surface area contributed by atoms with Gasteiger partial charge in [-0.25, -0.2) is 9.97 Å². The third-order valence-corrected chi connectivity index (χ3v) is 5.26. The van der Waals surface area contributed by atoms with Crippen LogP contribution >= 0.6 is 11.6 Å². The molecule has 1 aliphatic rings. The van der Waals surface area contributed by atoms with Crippen LogP contribution in [0.2, 0.25) is 5.02 Å². The van der Waals surface area contributed by atoms with E-state index in [9.17, 15) is 0 Å². The van der Waals surface area contributed by atoms with Gasteiger partial charge in [-0.15, -0.1) is 0 Å². The predicted octanol–water partition coefficient (Wildman–Crippen LogP) is 4.74. The summed E-state index contributed by atoms with van der Waals surface area (Å²) in [6.07, 6.45) is 1.77. The monoisotopic (exact) mass is 428 g/mol. The summed E-state index contributed by atoms with van der Waals surface area (Å²) in [5, 5.41) is 3.98. The molecule has 0 amide bonds. The number of benzene rings is 1. The van der Waals surface area contributed by atoms with Crippen molar-refractivity contribution in [2.75, 3.05) is 37.0 Å². The van der Waals surface area contributed by atoms with Crippen molar-refractivity contribution in [3.63, 3.8) is 0 Å². The van der Waals surface area contributed by atoms with Crippen LogP contribution < -0.4 is 15.0 Å². The van der Waals surface area contributed by atoms with E-state index >= 15 is 0 Å². The Bertz CT molecular complexity index is 1000. The molecule has 0 bridgehead atoms. The summed E-state index contributed by atoms with van der Waals surface area (Å²) in [5.41, 5.74) is 1.79. The second kappa shape index (κ2) is 9.71. The van der Waals surface area contributed by atoms with Gasteiger partial charge in [-0.05, 0) is 31.2 Å². The summed E-state index contributed by atoms with van der Waals surface area (Å²) in [4.78, 5) is 16.7. The first-order valence-electron chi connectivity index (χ1n) is 10.2. The molecule has 8 heteroatoms. The lowest BCUT2D eigenvalue weighted by Crippen LogP contribution is -2.52. The molecule has 1 saturated heterocycles. The van der Waals surface area contributed by atoms with Crippen LogP contribution in [0.5, 0.6) is 5.75 Å². The van der Waals surface area contributed by atoms with Crippen LogP contribution in [0.15, 0.2) is 48.9 Å². The molecular weight excluding hydrogens is 400 g/mol. The molecule has 3 heterocycles. The molecule has 1 atom stereocenters. The van der Waals surface area contributed by atoms with Crippen LogP contribution in [0.25, 0.3) is 11.0 Å². The van der Waals surface area contributed by atoms with Crippen LogP contribution in [0.4, 0.5) is 11.8 Å². The first-order chi connectivity index (χ1) is 14.5. The van der Waals surface area contributed by atoms with Gasteiger partial charge >= 0.3 is 0 Å². The van der Waals surface area contributed by atoms with Crippen molar-refractivity contribution < 1.29 is 4.74 Å². The van der Waals surface area contributed by atoms with Gasteiger partial charge < -0.3 is 24.8 Å². The summed E-state index contributed by atoms with van der Waals surface area (Å²) in [5.74, 6) is 3.10. The number of ether oxygens (including phenoxy) is 1. The average Bonchev–Trinajstić information content (AvgIpc) is 3.16. The van der Waals surface area contributed by atoms with E-state index in [1.165, 1.54) is 0 Å². The molecular formula is C22H29ClN6O. The minimum absolute atomic E-state index is 0.247. The summed E-state index contributed by atoms with van der Waals surface area (Å²) >= 11 is 6.30. The fourth-order valence-electron chi connectivity index (χ4n) is 3.54. The molecule has 2 N–H and O–H groups in total. The summed E-state index contributed by atoms with van der Waals surface area (Å²) < 4.78 is 5.26. The number of piperazine rings is 1. The van der Waals surface area contributed by atoms with Crippen molar-refractivity contribution in [1.82, 2.24) is 19.9 Å². The summed E-state index contributed by atoms with van der Waals surface area (Å²) in [6, 6.07) is 9.71. The molecule has 0 spiro atoms. The van der Waals surface area contributed by atoms with Crippen LogP contribution in [0.1, 0.15) is 20.8 Å². The molecule has 160 valence electrons. The summed E-state index contributed by atoms with van der Waals surface area (Å²) in [6.45, 7) is 12.8. The number of nitrogens with zero attached hydrogens (tertiary/aromatic N) is 4. The third kappa shape index (κ3) is 4.62. The van der Waals surface area contributed by atoms with Crippen LogP contribution in [0.3, 0.4) is 0 Å². The second-order valence-electron chi connectivity index (χ2n) is 6.84. The first kappa shape index (κ1) is 21.8. The molecule has 2 aromatic heterocycles. The number of halogens is 1. The Morgan fingerprint density at radius 2 is 2.10 bits per heavy atom. The van der Waals surface area contributed by atoms with E-state index in [0.717, 1.165) is 48.1 Å². The molecule has 1 aromatic carbocycles. The Balaban J connectivity index is 0.00000124. The van der Waals surface area contributed by atoms with E-state index < -0.39 is 0 Å². The fraction of sp³-hybridized carbons (Fsp3) is 0.364. The van der Waals surface area contributed by atoms with Crippen molar-refractivity contribution in [3.8, 4) is 5.75 Å². The molecule has 30 heavy (non-hydrogen) atoms. The maximum Gasteiger partial charge on any atom is 0.206 e. The normalized spacial score (nSPS) is 16.1. The minimum atomic E-state index is 0.247. The number of pyridine rings is 1. The number of hydrogen-bond acceptors (Lipinski definition) is 6. The van der Waals surface area contributed by atoms with Crippen molar-refractivity contribution >= 4 is 34.4 Å². The number of anilines is 2. The van der Waals surface area contributed by atoms with E-state index in [2.05, 4.69) is 43.6 Å². The lowest BCUT2D eigenvalue weighted by Gasteiger charge is -2.42. The molecule has 1 unspecified atom stereocenters. The highest BCUT2D eigenvalue weighted by Crippen LogP contribution is 2.26. The number of hydrogen-bond donors (Lipinski definition) is 2. The maximum atomic E-state index is 6.30. The number of fused-ring (bicyclic) bond motifs is 1. The molecule has 0 aliphatic carbocycles. The van der Waals surface area contributed by atoms with Crippen molar-refractivity contribution in [2.24, 2.45) is 0 Å². The zero-order valence-corrected chi connectivity index (χ0v) is 18.7. The topological polar surface area (TPSA) is 69.3 Å². The Kier molecular flexibility index (Phi) is 7.05. The molecule has 0 radical (unpaired) electrons. The van der Waals surface area contributed by atoms with E-state index in [1.807, 2.05) is 44.2 Å². The fourth-order valence-corrected chi connectivity index (χ4v) is 3.79. The largest absolute Gasteiger partial charge is 0.497 e. The van der Waals surface area contributed by atoms with E-state index in [-0.39, 0.29) is 6.04 Å².